The van der Waals surface area contributed by atoms with Crippen LogP contribution in [0, 0.1) is 24.7 Å². The monoisotopic (exact) mass is 313 g/mol. The van der Waals surface area contributed by atoms with Crippen molar-refractivity contribution in [2.45, 2.75) is 83.6 Å². The third kappa shape index (κ3) is 4.18. The number of benzene rings is 1. The average molecular weight is 314 g/mol. The molecule has 0 heterocycles. The zero-order chi connectivity index (χ0) is 16.2. The van der Waals surface area contributed by atoms with E-state index in [1.54, 1.807) is 5.56 Å². The maximum atomic E-state index is 6.26. The smallest absolute Gasteiger partial charge is 0.00645 e. The van der Waals surface area contributed by atoms with Gasteiger partial charge in [-0.3, -0.25) is 0 Å². The molecular weight excluding hydrogens is 278 g/mol. The van der Waals surface area contributed by atoms with Crippen LogP contribution in [0.2, 0.25) is 0 Å². The summed E-state index contributed by atoms with van der Waals surface area (Å²) < 4.78 is 0. The van der Waals surface area contributed by atoms with E-state index >= 15 is 0 Å². The van der Waals surface area contributed by atoms with Gasteiger partial charge in [0.05, 0.1) is 0 Å². The predicted octanol–water partition coefficient (Wildman–Crippen LogP) is 5.81. The SMILES string of the molecule is CCC(N)C1CCC(C2CCC(c3ccc(C)cc3)CC2)CC1. The molecule has 1 nitrogen and oxygen atoms in total. The second-order valence-corrected chi connectivity index (χ2v) is 8.27. The van der Waals surface area contributed by atoms with Gasteiger partial charge in [0, 0.05) is 6.04 Å². The number of rotatable bonds is 4. The van der Waals surface area contributed by atoms with Crippen LogP contribution in [0.3, 0.4) is 0 Å². The van der Waals surface area contributed by atoms with Gasteiger partial charge in [-0.1, -0.05) is 36.8 Å². The molecule has 0 saturated heterocycles. The van der Waals surface area contributed by atoms with E-state index in [2.05, 4.69) is 38.1 Å². The van der Waals surface area contributed by atoms with Crippen LogP contribution in [0.15, 0.2) is 24.3 Å². The van der Waals surface area contributed by atoms with Crippen LogP contribution in [-0.4, -0.2) is 6.04 Å². The fourth-order valence-electron chi connectivity index (χ4n) is 5.14. The van der Waals surface area contributed by atoms with Crippen molar-refractivity contribution >= 4 is 0 Å². The highest BCUT2D eigenvalue weighted by atomic mass is 14.6. The predicted molar refractivity (Wildman–Crippen MR) is 99.6 cm³/mol. The van der Waals surface area contributed by atoms with E-state index in [1.165, 1.54) is 56.9 Å². The molecule has 2 aliphatic carbocycles. The summed E-state index contributed by atoms with van der Waals surface area (Å²) in [6.07, 6.45) is 12.5. The zero-order valence-electron chi connectivity index (χ0n) is 15.1. The molecule has 0 spiro atoms. The van der Waals surface area contributed by atoms with E-state index < -0.39 is 0 Å². The van der Waals surface area contributed by atoms with Gasteiger partial charge in [0.1, 0.15) is 0 Å². The van der Waals surface area contributed by atoms with E-state index in [1.807, 2.05) is 0 Å². The van der Waals surface area contributed by atoms with Gasteiger partial charge in [-0.15, -0.1) is 0 Å². The molecule has 1 unspecified atom stereocenters. The van der Waals surface area contributed by atoms with Crippen molar-refractivity contribution in [1.29, 1.82) is 0 Å². The maximum Gasteiger partial charge on any atom is 0.00645 e. The van der Waals surface area contributed by atoms with Gasteiger partial charge in [-0.2, -0.15) is 0 Å². The standard InChI is InChI=1S/C22H35N/c1-3-22(23)21-14-12-20(13-15-21)19-10-8-18(9-11-19)17-6-4-16(2)5-7-17/h4-7,18-22H,3,8-15,23H2,1-2H3. The number of aryl methyl sites for hydroxylation is 1. The summed E-state index contributed by atoms with van der Waals surface area (Å²) in [6.45, 7) is 4.42. The highest BCUT2D eigenvalue weighted by Crippen LogP contribution is 2.44. The van der Waals surface area contributed by atoms with Crippen LogP contribution in [0.1, 0.15) is 81.8 Å². The minimum atomic E-state index is 0.452. The van der Waals surface area contributed by atoms with Crippen LogP contribution in [0.4, 0.5) is 0 Å². The first-order valence-electron chi connectivity index (χ1n) is 9.99. The second kappa shape index (κ2) is 7.83. The summed E-state index contributed by atoms with van der Waals surface area (Å²) in [5, 5.41) is 0. The summed E-state index contributed by atoms with van der Waals surface area (Å²) >= 11 is 0. The van der Waals surface area contributed by atoms with E-state index in [9.17, 15) is 0 Å². The third-order valence-corrected chi connectivity index (χ3v) is 6.88. The van der Waals surface area contributed by atoms with Gasteiger partial charge < -0.3 is 5.73 Å². The van der Waals surface area contributed by atoms with Gasteiger partial charge in [0.25, 0.3) is 0 Å². The van der Waals surface area contributed by atoms with Crippen molar-refractivity contribution in [2.75, 3.05) is 0 Å². The first-order chi connectivity index (χ1) is 11.2. The molecule has 128 valence electrons. The maximum absolute atomic E-state index is 6.26. The second-order valence-electron chi connectivity index (χ2n) is 8.27. The number of hydrogen-bond acceptors (Lipinski definition) is 1. The lowest BCUT2D eigenvalue weighted by molar-refractivity contribution is 0.149. The van der Waals surface area contributed by atoms with E-state index in [0.29, 0.717) is 6.04 Å². The Morgan fingerprint density at radius 2 is 1.39 bits per heavy atom. The van der Waals surface area contributed by atoms with Crippen LogP contribution in [0.5, 0.6) is 0 Å². The van der Waals surface area contributed by atoms with Gasteiger partial charge in [-0.25, -0.2) is 0 Å². The van der Waals surface area contributed by atoms with Gasteiger partial charge in [0.2, 0.25) is 0 Å². The molecule has 0 aliphatic heterocycles. The Bertz CT molecular complexity index is 461. The fraction of sp³-hybridized carbons (Fsp3) is 0.727. The summed E-state index contributed by atoms with van der Waals surface area (Å²) in [6, 6.07) is 9.72. The Hall–Kier alpha value is -0.820. The van der Waals surface area contributed by atoms with E-state index in [4.69, 9.17) is 5.73 Å². The lowest BCUT2D eigenvalue weighted by Gasteiger charge is -2.39. The van der Waals surface area contributed by atoms with Crippen LogP contribution in [-0.2, 0) is 0 Å². The van der Waals surface area contributed by atoms with Crippen molar-refractivity contribution in [1.82, 2.24) is 0 Å². The quantitative estimate of drug-likeness (QED) is 0.745. The van der Waals surface area contributed by atoms with Crippen LogP contribution >= 0.6 is 0 Å². The topological polar surface area (TPSA) is 26.0 Å². The Kier molecular flexibility index (Phi) is 5.80. The zero-order valence-corrected chi connectivity index (χ0v) is 15.1. The Morgan fingerprint density at radius 1 is 0.870 bits per heavy atom. The van der Waals surface area contributed by atoms with Gasteiger partial charge in [-0.05, 0) is 93.9 Å². The summed E-state index contributed by atoms with van der Waals surface area (Å²) in [5.41, 5.74) is 9.22. The highest BCUT2D eigenvalue weighted by Gasteiger charge is 2.32. The molecule has 2 aliphatic rings. The minimum absolute atomic E-state index is 0.452. The molecule has 0 amide bonds. The normalized spacial score (nSPS) is 33.3. The van der Waals surface area contributed by atoms with Crippen molar-refractivity contribution in [3.05, 3.63) is 35.4 Å². The molecule has 23 heavy (non-hydrogen) atoms. The molecular formula is C22H35N. The number of hydrogen-bond donors (Lipinski definition) is 1. The third-order valence-electron chi connectivity index (χ3n) is 6.88. The molecule has 1 heteroatoms. The van der Waals surface area contributed by atoms with Gasteiger partial charge >= 0.3 is 0 Å². The number of nitrogens with two attached hydrogens (primary N) is 1. The molecule has 0 aromatic heterocycles. The first kappa shape index (κ1) is 17.0. The fourth-order valence-corrected chi connectivity index (χ4v) is 5.14. The molecule has 3 rings (SSSR count). The largest absolute Gasteiger partial charge is 0.327 e. The Balaban J connectivity index is 1.47. The molecule has 2 saturated carbocycles. The molecule has 1 aromatic carbocycles. The van der Waals surface area contributed by atoms with Crippen molar-refractivity contribution in [3.63, 3.8) is 0 Å². The first-order valence-corrected chi connectivity index (χ1v) is 9.99. The van der Waals surface area contributed by atoms with E-state index in [-0.39, 0.29) is 0 Å². The van der Waals surface area contributed by atoms with Crippen LogP contribution < -0.4 is 5.73 Å². The Labute approximate surface area is 143 Å². The highest BCUT2D eigenvalue weighted by molar-refractivity contribution is 5.24. The molecule has 1 aromatic rings. The Morgan fingerprint density at radius 3 is 1.91 bits per heavy atom. The minimum Gasteiger partial charge on any atom is -0.327 e. The lowest BCUT2D eigenvalue weighted by Crippen LogP contribution is -2.34. The van der Waals surface area contributed by atoms with Crippen molar-refractivity contribution in [3.8, 4) is 0 Å². The average Bonchev–Trinajstić information content (AvgIpc) is 2.62. The van der Waals surface area contributed by atoms with Gasteiger partial charge in [0.15, 0.2) is 0 Å². The molecule has 1 atom stereocenters. The molecule has 2 N–H and O–H groups in total. The van der Waals surface area contributed by atoms with Crippen LogP contribution in [0.25, 0.3) is 0 Å². The summed E-state index contributed by atoms with van der Waals surface area (Å²) in [4.78, 5) is 0. The molecule has 2 fully saturated rings. The van der Waals surface area contributed by atoms with E-state index in [0.717, 1.165) is 30.1 Å². The van der Waals surface area contributed by atoms with Crippen molar-refractivity contribution < 1.29 is 0 Å². The van der Waals surface area contributed by atoms with Crippen molar-refractivity contribution in [2.24, 2.45) is 23.5 Å². The summed E-state index contributed by atoms with van der Waals surface area (Å²) in [7, 11) is 0. The summed E-state index contributed by atoms with van der Waals surface area (Å²) in [5.74, 6) is 3.61. The molecule has 0 bridgehead atoms. The molecule has 0 radical (unpaired) electrons. The lowest BCUT2D eigenvalue weighted by atomic mass is 9.67.